The van der Waals surface area contributed by atoms with E-state index in [1.807, 2.05) is 0 Å². The Morgan fingerprint density at radius 3 is 2.41 bits per heavy atom. The molecule has 0 aromatic carbocycles. The second-order valence-electron chi connectivity index (χ2n) is 5.88. The van der Waals surface area contributed by atoms with Gasteiger partial charge in [-0.15, -0.1) is 0 Å². The zero-order valence-corrected chi connectivity index (χ0v) is 11.6. The van der Waals surface area contributed by atoms with E-state index in [9.17, 15) is 0 Å². The van der Waals surface area contributed by atoms with Gasteiger partial charge < -0.3 is 15.0 Å². The number of hydrogen-bond acceptors (Lipinski definition) is 3. The van der Waals surface area contributed by atoms with Crippen LogP contribution in [0.25, 0.3) is 0 Å². The van der Waals surface area contributed by atoms with Crippen molar-refractivity contribution in [1.82, 2.24) is 10.2 Å². The lowest BCUT2D eigenvalue weighted by Gasteiger charge is -2.41. The highest BCUT2D eigenvalue weighted by molar-refractivity contribution is 4.84. The molecule has 0 saturated carbocycles. The van der Waals surface area contributed by atoms with Crippen molar-refractivity contribution in [2.45, 2.75) is 70.2 Å². The van der Waals surface area contributed by atoms with Crippen LogP contribution in [0.4, 0.5) is 0 Å². The van der Waals surface area contributed by atoms with E-state index in [1.165, 1.54) is 45.2 Å². The van der Waals surface area contributed by atoms with Gasteiger partial charge in [-0.25, -0.2) is 0 Å². The third-order valence-corrected chi connectivity index (χ3v) is 4.37. The molecule has 2 fully saturated rings. The SMILES string of the molecule is CC1CC(N(C)C2CCCNCC2)CC(C)O1. The Morgan fingerprint density at radius 2 is 1.71 bits per heavy atom. The maximum atomic E-state index is 5.84. The van der Waals surface area contributed by atoms with Crippen molar-refractivity contribution >= 4 is 0 Å². The maximum Gasteiger partial charge on any atom is 0.0565 e. The van der Waals surface area contributed by atoms with E-state index in [-0.39, 0.29) is 0 Å². The number of nitrogens with one attached hydrogen (secondary N) is 1. The summed E-state index contributed by atoms with van der Waals surface area (Å²) in [7, 11) is 2.32. The average molecular weight is 240 g/mol. The summed E-state index contributed by atoms with van der Waals surface area (Å²) in [5.74, 6) is 0. The lowest BCUT2D eigenvalue weighted by Crippen LogP contribution is -2.47. The molecule has 2 aliphatic heterocycles. The molecule has 3 heteroatoms. The molecule has 0 spiro atoms. The van der Waals surface area contributed by atoms with Crippen LogP contribution in [0.3, 0.4) is 0 Å². The quantitative estimate of drug-likeness (QED) is 0.799. The molecule has 0 amide bonds. The lowest BCUT2D eigenvalue weighted by molar-refractivity contribution is -0.0679. The van der Waals surface area contributed by atoms with Gasteiger partial charge in [0.25, 0.3) is 0 Å². The first-order valence-electron chi connectivity index (χ1n) is 7.25. The van der Waals surface area contributed by atoms with Crippen molar-refractivity contribution in [1.29, 1.82) is 0 Å². The smallest absolute Gasteiger partial charge is 0.0565 e. The predicted molar refractivity (Wildman–Crippen MR) is 71.3 cm³/mol. The van der Waals surface area contributed by atoms with Gasteiger partial charge in [0.05, 0.1) is 12.2 Å². The second-order valence-corrected chi connectivity index (χ2v) is 5.88. The van der Waals surface area contributed by atoms with Crippen LogP contribution in [0.5, 0.6) is 0 Å². The van der Waals surface area contributed by atoms with Crippen LogP contribution in [-0.2, 0) is 4.74 Å². The minimum atomic E-state index is 0.426. The molecular weight excluding hydrogens is 212 g/mol. The van der Waals surface area contributed by atoms with Crippen molar-refractivity contribution < 1.29 is 4.74 Å². The molecule has 2 aliphatic rings. The Labute approximate surface area is 106 Å². The van der Waals surface area contributed by atoms with Gasteiger partial charge in [0.2, 0.25) is 0 Å². The molecule has 1 N–H and O–H groups in total. The third kappa shape index (κ3) is 3.67. The van der Waals surface area contributed by atoms with Crippen LogP contribution in [0.1, 0.15) is 46.0 Å². The Hall–Kier alpha value is -0.120. The summed E-state index contributed by atoms with van der Waals surface area (Å²) in [5.41, 5.74) is 0. The van der Waals surface area contributed by atoms with Gasteiger partial charge in [-0.05, 0) is 66.1 Å². The minimum Gasteiger partial charge on any atom is -0.375 e. The Kier molecular flexibility index (Phi) is 4.83. The van der Waals surface area contributed by atoms with Gasteiger partial charge in [-0.3, -0.25) is 0 Å². The second kappa shape index (κ2) is 6.17. The van der Waals surface area contributed by atoms with Crippen LogP contribution in [0.15, 0.2) is 0 Å². The molecule has 0 aromatic heterocycles. The third-order valence-electron chi connectivity index (χ3n) is 4.37. The summed E-state index contributed by atoms with van der Waals surface area (Å²) < 4.78 is 5.84. The van der Waals surface area contributed by atoms with Crippen LogP contribution in [-0.4, -0.2) is 49.3 Å². The molecule has 0 radical (unpaired) electrons. The maximum absolute atomic E-state index is 5.84. The standard InChI is InChI=1S/C14H28N2O/c1-11-9-14(10-12(2)17-11)16(3)13-5-4-7-15-8-6-13/h11-15H,4-10H2,1-3H3. The highest BCUT2D eigenvalue weighted by Gasteiger charge is 2.30. The predicted octanol–water partition coefficient (Wildman–Crippen LogP) is 2.02. The first kappa shape index (κ1) is 13.3. The van der Waals surface area contributed by atoms with Gasteiger partial charge in [-0.1, -0.05) is 0 Å². The van der Waals surface area contributed by atoms with Gasteiger partial charge >= 0.3 is 0 Å². The van der Waals surface area contributed by atoms with E-state index in [2.05, 4.69) is 31.1 Å². The molecule has 0 aromatic rings. The van der Waals surface area contributed by atoms with E-state index >= 15 is 0 Å². The highest BCUT2D eigenvalue weighted by Crippen LogP contribution is 2.26. The summed E-state index contributed by atoms with van der Waals surface area (Å²) in [4.78, 5) is 2.64. The van der Waals surface area contributed by atoms with Crippen molar-refractivity contribution in [3.8, 4) is 0 Å². The Bertz CT molecular complexity index is 216. The molecule has 3 nitrogen and oxygen atoms in total. The minimum absolute atomic E-state index is 0.426. The van der Waals surface area contributed by atoms with Gasteiger partial charge in [0.15, 0.2) is 0 Å². The monoisotopic (exact) mass is 240 g/mol. The summed E-state index contributed by atoms with van der Waals surface area (Å²) in [6.45, 7) is 6.81. The molecule has 2 heterocycles. The van der Waals surface area contributed by atoms with E-state index < -0.39 is 0 Å². The fraction of sp³-hybridized carbons (Fsp3) is 1.00. The summed E-state index contributed by atoms with van der Waals surface area (Å²) in [5, 5.41) is 3.50. The molecule has 0 aliphatic carbocycles. The number of hydrogen-bond donors (Lipinski definition) is 1. The van der Waals surface area contributed by atoms with Gasteiger partial charge in [0.1, 0.15) is 0 Å². The fourth-order valence-corrected chi connectivity index (χ4v) is 3.41. The molecule has 3 unspecified atom stereocenters. The first-order chi connectivity index (χ1) is 8.16. The Balaban J connectivity index is 1.90. The van der Waals surface area contributed by atoms with E-state index in [4.69, 9.17) is 4.74 Å². The van der Waals surface area contributed by atoms with Crippen molar-refractivity contribution in [3.05, 3.63) is 0 Å². The van der Waals surface area contributed by atoms with Crippen LogP contribution >= 0.6 is 0 Å². The molecule has 17 heavy (non-hydrogen) atoms. The van der Waals surface area contributed by atoms with Crippen molar-refractivity contribution in [2.75, 3.05) is 20.1 Å². The van der Waals surface area contributed by atoms with Crippen molar-refractivity contribution in [3.63, 3.8) is 0 Å². The highest BCUT2D eigenvalue weighted by atomic mass is 16.5. The van der Waals surface area contributed by atoms with E-state index in [0.717, 1.165) is 12.1 Å². The number of rotatable bonds is 2. The normalized spacial score (nSPS) is 40.2. The first-order valence-corrected chi connectivity index (χ1v) is 7.25. The fourth-order valence-electron chi connectivity index (χ4n) is 3.41. The van der Waals surface area contributed by atoms with Crippen LogP contribution in [0.2, 0.25) is 0 Å². The molecule has 3 atom stereocenters. The summed E-state index contributed by atoms with van der Waals surface area (Å²) in [6, 6.07) is 1.49. The zero-order chi connectivity index (χ0) is 12.3. The van der Waals surface area contributed by atoms with Crippen molar-refractivity contribution in [2.24, 2.45) is 0 Å². The molecule has 0 bridgehead atoms. The van der Waals surface area contributed by atoms with Crippen LogP contribution < -0.4 is 5.32 Å². The number of ether oxygens (including phenoxy) is 1. The van der Waals surface area contributed by atoms with Gasteiger partial charge in [0, 0.05) is 12.1 Å². The van der Waals surface area contributed by atoms with Crippen LogP contribution in [0, 0.1) is 0 Å². The van der Waals surface area contributed by atoms with E-state index in [0.29, 0.717) is 12.2 Å². The zero-order valence-electron chi connectivity index (χ0n) is 11.6. The molecule has 100 valence electrons. The molecule has 2 rings (SSSR count). The van der Waals surface area contributed by atoms with E-state index in [1.54, 1.807) is 0 Å². The van der Waals surface area contributed by atoms with Gasteiger partial charge in [-0.2, -0.15) is 0 Å². The Morgan fingerprint density at radius 1 is 1.00 bits per heavy atom. The number of nitrogens with zero attached hydrogens (tertiary/aromatic N) is 1. The topological polar surface area (TPSA) is 24.5 Å². The average Bonchev–Trinajstić information content (AvgIpc) is 2.55. The molecule has 2 saturated heterocycles. The summed E-state index contributed by atoms with van der Waals surface area (Å²) >= 11 is 0. The summed E-state index contributed by atoms with van der Waals surface area (Å²) in [6.07, 6.45) is 7.23. The lowest BCUT2D eigenvalue weighted by atomic mass is 9.95. The molecular formula is C14H28N2O. The largest absolute Gasteiger partial charge is 0.375 e.